The van der Waals surface area contributed by atoms with E-state index in [1.54, 1.807) is 11.1 Å². The summed E-state index contributed by atoms with van der Waals surface area (Å²) in [4.78, 5) is 0. The number of hydrogen-bond donors (Lipinski definition) is 0. The van der Waals surface area contributed by atoms with Crippen LogP contribution in [0.1, 0.15) is 23.1 Å². The Balaban J connectivity index is 2.50. The minimum atomic E-state index is -1.15. The minimum Gasteiger partial charge on any atom is -0.0693 e. The summed E-state index contributed by atoms with van der Waals surface area (Å²) >= 11 is 0. The van der Waals surface area contributed by atoms with Crippen LogP contribution >= 0.6 is 0 Å². The lowest BCUT2D eigenvalue weighted by atomic mass is 9.91. The molecule has 0 heterocycles. The Kier molecular flexibility index (Phi) is 3.63. The number of hydrogen-bond acceptors (Lipinski definition) is 0. The van der Waals surface area contributed by atoms with E-state index >= 15 is 0 Å². The van der Waals surface area contributed by atoms with Gasteiger partial charge in [-0.1, -0.05) is 63.5 Å². The van der Waals surface area contributed by atoms with Gasteiger partial charge in [0.1, 0.15) is 0 Å². The van der Waals surface area contributed by atoms with E-state index in [4.69, 9.17) is 0 Å². The molecule has 0 spiro atoms. The Hall–Kier alpha value is -0.346. The van der Waals surface area contributed by atoms with E-state index in [-0.39, 0.29) is 0 Å². The molecule has 0 saturated heterocycles. The summed E-state index contributed by atoms with van der Waals surface area (Å²) in [5, 5.41) is 0. The van der Waals surface area contributed by atoms with Crippen molar-refractivity contribution in [2.45, 2.75) is 63.2 Å². The van der Waals surface area contributed by atoms with E-state index in [9.17, 15) is 0 Å². The molecule has 0 N–H and O–H groups in total. The SMILES string of the molecule is C[Si](C)(C)[C@@H]1CCc2ccccc2[C@@H]1[Si](C)(C)C. The molecule has 0 aromatic heterocycles. The summed E-state index contributed by atoms with van der Waals surface area (Å²) in [6, 6.07) is 9.25. The molecule has 2 heteroatoms. The zero-order valence-electron chi connectivity index (χ0n) is 12.9. The van der Waals surface area contributed by atoms with Crippen LogP contribution < -0.4 is 0 Å². The van der Waals surface area contributed by atoms with Crippen LogP contribution in [0.15, 0.2) is 24.3 Å². The zero-order valence-corrected chi connectivity index (χ0v) is 14.9. The lowest BCUT2D eigenvalue weighted by Gasteiger charge is -2.46. The first kappa shape index (κ1) is 14.1. The largest absolute Gasteiger partial charge is 0.0693 e. The molecule has 0 bridgehead atoms. The Bertz CT molecular complexity index is 423. The molecule has 2 rings (SSSR count). The van der Waals surface area contributed by atoms with Gasteiger partial charge in [-0.3, -0.25) is 0 Å². The second-order valence-corrected chi connectivity index (χ2v) is 18.9. The van der Waals surface area contributed by atoms with Crippen LogP contribution in [-0.4, -0.2) is 16.1 Å². The maximum atomic E-state index is 2.57. The third-order valence-electron chi connectivity index (χ3n) is 4.56. The Morgan fingerprint density at radius 1 is 0.889 bits per heavy atom. The van der Waals surface area contributed by atoms with Crippen LogP contribution in [0.2, 0.25) is 44.8 Å². The van der Waals surface area contributed by atoms with Crippen molar-refractivity contribution < 1.29 is 0 Å². The molecule has 1 aromatic rings. The van der Waals surface area contributed by atoms with Crippen LogP contribution in [0, 0.1) is 0 Å². The van der Waals surface area contributed by atoms with Gasteiger partial charge in [0.2, 0.25) is 0 Å². The summed E-state index contributed by atoms with van der Waals surface area (Å²) in [5.41, 5.74) is 5.21. The van der Waals surface area contributed by atoms with Crippen LogP contribution in [0.25, 0.3) is 0 Å². The summed E-state index contributed by atoms with van der Waals surface area (Å²) in [5.74, 6) is 0. The van der Waals surface area contributed by atoms with Gasteiger partial charge in [-0.15, -0.1) is 0 Å². The third-order valence-corrected chi connectivity index (χ3v) is 10.3. The van der Waals surface area contributed by atoms with E-state index in [1.807, 2.05) is 0 Å². The van der Waals surface area contributed by atoms with Crippen LogP contribution in [0.5, 0.6) is 0 Å². The van der Waals surface area contributed by atoms with Gasteiger partial charge >= 0.3 is 0 Å². The molecule has 0 amide bonds. The van der Waals surface area contributed by atoms with Crippen molar-refractivity contribution >= 4 is 16.1 Å². The summed E-state index contributed by atoms with van der Waals surface area (Å²) in [7, 11) is -2.21. The molecule has 0 saturated carbocycles. The molecule has 1 aromatic carbocycles. The molecule has 0 unspecified atom stereocenters. The molecule has 0 aliphatic heterocycles. The van der Waals surface area contributed by atoms with Crippen molar-refractivity contribution in [3.8, 4) is 0 Å². The second kappa shape index (κ2) is 4.64. The summed E-state index contributed by atoms with van der Waals surface area (Å²) in [6.45, 7) is 15.4. The van der Waals surface area contributed by atoms with Crippen molar-refractivity contribution in [3.05, 3.63) is 35.4 Å². The van der Waals surface area contributed by atoms with Crippen molar-refractivity contribution in [2.24, 2.45) is 0 Å². The summed E-state index contributed by atoms with van der Waals surface area (Å²) in [6.07, 6.45) is 2.74. The average molecular weight is 277 g/mol. The topological polar surface area (TPSA) is 0 Å². The first-order chi connectivity index (χ1) is 8.21. The predicted molar refractivity (Wildman–Crippen MR) is 87.9 cm³/mol. The number of fused-ring (bicyclic) bond motifs is 1. The fourth-order valence-corrected chi connectivity index (χ4v) is 11.5. The van der Waals surface area contributed by atoms with Gasteiger partial charge < -0.3 is 0 Å². The molecule has 18 heavy (non-hydrogen) atoms. The molecular weight excluding hydrogens is 248 g/mol. The van der Waals surface area contributed by atoms with Gasteiger partial charge in [0.25, 0.3) is 0 Å². The first-order valence-corrected chi connectivity index (χ1v) is 14.4. The maximum absolute atomic E-state index is 2.57. The zero-order chi connectivity index (χ0) is 13.6. The van der Waals surface area contributed by atoms with E-state index in [2.05, 4.69) is 63.5 Å². The number of rotatable bonds is 2. The van der Waals surface area contributed by atoms with Gasteiger partial charge in [-0.2, -0.15) is 0 Å². The fraction of sp³-hybridized carbons (Fsp3) is 0.625. The highest BCUT2D eigenvalue weighted by Gasteiger charge is 2.43. The smallest absolute Gasteiger partial charge is 0.0521 e. The van der Waals surface area contributed by atoms with Crippen LogP contribution in [-0.2, 0) is 6.42 Å². The van der Waals surface area contributed by atoms with Crippen molar-refractivity contribution in [1.82, 2.24) is 0 Å². The molecule has 1 aliphatic rings. The lowest BCUT2D eigenvalue weighted by molar-refractivity contribution is 0.629. The first-order valence-electron chi connectivity index (χ1n) is 7.29. The highest BCUT2D eigenvalue weighted by atomic mass is 28.3. The third kappa shape index (κ3) is 2.64. The molecule has 0 fully saturated rings. The van der Waals surface area contributed by atoms with Gasteiger partial charge in [0.05, 0.1) is 8.07 Å². The van der Waals surface area contributed by atoms with Crippen molar-refractivity contribution in [3.63, 3.8) is 0 Å². The van der Waals surface area contributed by atoms with Crippen LogP contribution in [0.4, 0.5) is 0 Å². The standard InChI is InChI=1S/C16H28Si2/c1-17(2,3)15-12-11-13-9-7-8-10-14(13)16(15)18(4,5)6/h7-10,15-16H,11-12H2,1-6H3/t15-,16+/m1/s1. The quantitative estimate of drug-likeness (QED) is 0.643. The van der Waals surface area contributed by atoms with E-state index in [0.29, 0.717) is 0 Å². The van der Waals surface area contributed by atoms with Crippen LogP contribution in [0.3, 0.4) is 0 Å². The van der Waals surface area contributed by atoms with Gasteiger partial charge in [-0.05, 0) is 35.1 Å². The van der Waals surface area contributed by atoms with Gasteiger partial charge in [-0.25, -0.2) is 0 Å². The highest BCUT2D eigenvalue weighted by Crippen LogP contribution is 2.49. The Morgan fingerprint density at radius 2 is 1.50 bits per heavy atom. The summed E-state index contributed by atoms with van der Waals surface area (Å²) < 4.78 is 0. The van der Waals surface area contributed by atoms with Crippen molar-refractivity contribution in [2.75, 3.05) is 0 Å². The van der Waals surface area contributed by atoms with E-state index in [1.165, 1.54) is 12.8 Å². The van der Waals surface area contributed by atoms with E-state index < -0.39 is 16.1 Å². The molecule has 0 radical (unpaired) electrons. The van der Waals surface area contributed by atoms with Gasteiger partial charge in [0.15, 0.2) is 0 Å². The Labute approximate surface area is 115 Å². The molecule has 100 valence electrons. The monoisotopic (exact) mass is 276 g/mol. The molecule has 0 nitrogen and oxygen atoms in total. The predicted octanol–water partition coefficient (Wildman–Crippen LogP) is 5.30. The van der Waals surface area contributed by atoms with Crippen molar-refractivity contribution in [1.29, 1.82) is 0 Å². The Morgan fingerprint density at radius 3 is 2.06 bits per heavy atom. The second-order valence-electron chi connectivity index (χ2n) is 8.05. The maximum Gasteiger partial charge on any atom is 0.0521 e. The number of benzene rings is 1. The molecular formula is C16H28Si2. The van der Waals surface area contributed by atoms with E-state index in [0.717, 1.165) is 11.1 Å². The molecule has 1 aliphatic carbocycles. The molecule has 2 atom stereocenters. The number of aryl methyl sites for hydroxylation is 1. The minimum absolute atomic E-state index is 0.883. The van der Waals surface area contributed by atoms with Gasteiger partial charge in [0, 0.05) is 8.07 Å². The lowest BCUT2D eigenvalue weighted by Crippen LogP contribution is -2.45. The normalized spacial score (nSPS) is 24.8. The highest BCUT2D eigenvalue weighted by molar-refractivity contribution is 6.83. The average Bonchev–Trinajstić information content (AvgIpc) is 2.24. The fourth-order valence-electron chi connectivity index (χ4n) is 3.76.